The van der Waals surface area contributed by atoms with Crippen LogP contribution in [0.4, 0.5) is 11.5 Å². The summed E-state index contributed by atoms with van der Waals surface area (Å²) in [5.41, 5.74) is 4.84. The number of nitrogens with one attached hydrogen (secondary N) is 1. The Labute approximate surface area is 167 Å². The second-order valence-corrected chi connectivity index (χ2v) is 7.17. The van der Waals surface area contributed by atoms with Gasteiger partial charge < -0.3 is 9.88 Å². The van der Waals surface area contributed by atoms with E-state index in [1.54, 1.807) is 6.33 Å². The van der Waals surface area contributed by atoms with Crippen LogP contribution < -0.4 is 5.32 Å². The first-order valence-corrected chi connectivity index (χ1v) is 9.22. The maximum atomic E-state index is 6.31. The van der Waals surface area contributed by atoms with Crippen LogP contribution in [-0.2, 0) is 6.54 Å². The van der Waals surface area contributed by atoms with Crippen LogP contribution in [-0.4, -0.2) is 19.5 Å². The lowest BCUT2D eigenvalue weighted by molar-refractivity contribution is 0.762. The zero-order valence-corrected chi connectivity index (χ0v) is 16.4. The summed E-state index contributed by atoms with van der Waals surface area (Å²) < 4.78 is 1.89. The first-order chi connectivity index (χ1) is 13.0. The van der Waals surface area contributed by atoms with Gasteiger partial charge in [0.1, 0.15) is 6.33 Å². The number of halogens is 2. The SMILES string of the molecule is Cc1cccc(C)c1Nc1ncn(Cc2c(Cl)cccc2Cl)c2ncnc1-2. The third-order valence-corrected chi connectivity index (χ3v) is 5.22. The van der Waals surface area contributed by atoms with E-state index >= 15 is 0 Å². The van der Waals surface area contributed by atoms with Crippen molar-refractivity contribution in [1.29, 1.82) is 0 Å². The largest absolute Gasteiger partial charge is 0.338 e. The minimum Gasteiger partial charge on any atom is -0.338 e. The Hall–Kier alpha value is -2.63. The third kappa shape index (κ3) is 3.36. The fourth-order valence-corrected chi connectivity index (χ4v) is 3.59. The number of benzene rings is 2. The first kappa shape index (κ1) is 17.8. The first-order valence-electron chi connectivity index (χ1n) is 8.46. The van der Waals surface area contributed by atoms with Crippen LogP contribution in [0.25, 0.3) is 11.5 Å². The van der Waals surface area contributed by atoms with E-state index in [0.717, 1.165) is 28.2 Å². The van der Waals surface area contributed by atoms with Crippen molar-refractivity contribution in [2.75, 3.05) is 5.32 Å². The van der Waals surface area contributed by atoms with Gasteiger partial charge in [0.05, 0.1) is 12.9 Å². The molecule has 0 unspecified atom stereocenters. The Balaban J connectivity index is 1.73. The Bertz CT molecular complexity index is 965. The molecule has 0 radical (unpaired) electrons. The molecule has 2 aromatic rings. The van der Waals surface area contributed by atoms with Crippen LogP contribution in [0, 0.1) is 13.8 Å². The van der Waals surface area contributed by atoms with Crippen molar-refractivity contribution in [1.82, 2.24) is 19.5 Å². The highest BCUT2D eigenvalue weighted by Crippen LogP contribution is 2.31. The van der Waals surface area contributed by atoms with Gasteiger partial charge in [-0.1, -0.05) is 47.5 Å². The van der Waals surface area contributed by atoms with Crippen molar-refractivity contribution in [3.8, 4) is 11.5 Å². The molecule has 0 fully saturated rings. The molecule has 136 valence electrons. The molecule has 0 amide bonds. The molecular formula is C20H17Cl2N5. The summed E-state index contributed by atoms with van der Waals surface area (Å²) >= 11 is 12.6. The lowest BCUT2D eigenvalue weighted by Gasteiger charge is -2.17. The fourth-order valence-electron chi connectivity index (χ4n) is 3.07. The van der Waals surface area contributed by atoms with Crippen molar-refractivity contribution in [3.05, 3.63) is 75.8 Å². The van der Waals surface area contributed by atoms with Crippen LogP contribution in [0.1, 0.15) is 16.7 Å². The van der Waals surface area contributed by atoms with Gasteiger partial charge >= 0.3 is 0 Å². The molecule has 27 heavy (non-hydrogen) atoms. The van der Waals surface area contributed by atoms with Crippen molar-refractivity contribution in [3.63, 3.8) is 0 Å². The molecule has 0 aromatic heterocycles. The van der Waals surface area contributed by atoms with Gasteiger partial charge in [-0.05, 0) is 37.1 Å². The lowest BCUT2D eigenvalue weighted by atomic mass is 10.1. The van der Waals surface area contributed by atoms with Gasteiger partial charge in [-0.2, -0.15) is 0 Å². The number of anilines is 2. The van der Waals surface area contributed by atoms with E-state index in [1.165, 1.54) is 6.33 Å². The fraction of sp³-hybridized carbons (Fsp3) is 0.150. The molecule has 2 aromatic carbocycles. The van der Waals surface area contributed by atoms with Crippen molar-refractivity contribution in [2.45, 2.75) is 20.4 Å². The number of hydrogen-bond acceptors (Lipinski definition) is 4. The molecule has 0 bridgehead atoms. The zero-order valence-electron chi connectivity index (χ0n) is 14.9. The molecule has 7 heteroatoms. The molecular weight excluding hydrogens is 381 g/mol. The second-order valence-electron chi connectivity index (χ2n) is 6.36. The van der Waals surface area contributed by atoms with E-state index < -0.39 is 0 Å². The summed E-state index contributed by atoms with van der Waals surface area (Å²) in [5, 5.41) is 4.63. The standard InChI is InChI=1S/C20H17Cl2N5/c1-12-5-3-6-13(2)17(12)26-19-18-20(24-10-23-18)27(11-25-19)9-14-15(21)7-4-8-16(14)22/h3-8,10-11,26H,9H2,1-2H3. The highest BCUT2D eigenvalue weighted by molar-refractivity contribution is 6.36. The van der Waals surface area contributed by atoms with Crippen LogP contribution in [0.3, 0.4) is 0 Å². The second kappa shape index (κ2) is 7.18. The van der Waals surface area contributed by atoms with Crippen LogP contribution >= 0.6 is 23.2 Å². The Morgan fingerprint density at radius 1 is 0.926 bits per heavy atom. The molecule has 2 aliphatic rings. The van der Waals surface area contributed by atoms with E-state index in [4.69, 9.17) is 23.2 Å². The summed E-state index contributed by atoms with van der Waals surface area (Å²) in [6.07, 6.45) is 3.26. The van der Waals surface area contributed by atoms with Gasteiger partial charge in [0.15, 0.2) is 17.3 Å². The Morgan fingerprint density at radius 3 is 2.30 bits per heavy atom. The van der Waals surface area contributed by atoms with E-state index in [2.05, 4.69) is 46.2 Å². The third-order valence-electron chi connectivity index (χ3n) is 4.52. The number of rotatable bonds is 4. The number of nitrogens with zero attached hydrogens (tertiary/aromatic N) is 4. The number of imidazole rings is 1. The highest BCUT2D eigenvalue weighted by atomic mass is 35.5. The van der Waals surface area contributed by atoms with E-state index in [-0.39, 0.29) is 0 Å². The van der Waals surface area contributed by atoms with Gasteiger partial charge in [0.2, 0.25) is 0 Å². The van der Waals surface area contributed by atoms with Gasteiger partial charge in [0.25, 0.3) is 0 Å². The predicted molar refractivity (Wildman–Crippen MR) is 109 cm³/mol. The lowest BCUT2D eigenvalue weighted by Crippen LogP contribution is -2.10. The average Bonchev–Trinajstić information content (AvgIpc) is 3.13. The maximum Gasteiger partial charge on any atom is 0.165 e. The number of hydrogen-bond donors (Lipinski definition) is 1. The Morgan fingerprint density at radius 2 is 1.59 bits per heavy atom. The van der Waals surface area contributed by atoms with E-state index in [0.29, 0.717) is 28.1 Å². The quantitative estimate of drug-likeness (QED) is 0.494. The van der Waals surface area contributed by atoms with Crippen molar-refractivity contribution >= 4 is 34.7 Å². The van der Waals surface area contributed by atoms with Crippen LogP contribution in [0.2, 0.25) is 10.0 Å². The molecule has 5 nitrogen and oxygen atoms in total. The topological polar surface area (TPSA) is 55.6 Å². The maximum absolute atomic E-state index is 6.31. The molecule has 4 rings (SSSR count). The minimum absolute atomic E-state index is 0.463. The van der Waals surface area contributed by atoms with Crippen LogP contribution in [0.15, 0.2) is 49.1 Å². The minimum atomic E-state index is 0.463. The number of fused-ring (bicyclic) bond motifs is 1. The molecule has 0 atom stereocenters. The summed E-state index contributed by atoms with van der Waals surface area (Å²) in [6.45, 7) is 4.59. The summed E-state index contributed by atoms with van der Waals surface area (Å²) in [5.74, 6) is 1.39. The summed E-state index contributed by atoms with van der Waals surface area (Å²) in [4.78, 5) is 13.4. The van der Waals surface area contributed by atoms with Gasteiger partial charge in [0, 0.05) is 21.3 Å². The smallest absolute Gasteiger partial charge is 0.165 e. The Kier molecular flexibility index (Phi) is 4.72. The highest BCUT2D eigenvalue weighted by Gasteiger charge is 2.19. The molecule has 1 N–H and O–H groups in total. The summed E-state index contributed by atoms with van der Waals surface area (Å²) in [6, 6.07) is 11.6. The van der Waals surface area contributed by atoms with E-state index in [1.807, 2.05) is 28.8 Å². The van der Waals surface area contributed by atoms with Crippen LogP contribution in [0.5, 0.6) is 0 Å². The predicted octanol–water partition coefficient (Wildman–Crippen LogP) is 5.49. The average molecular weight is 398 g/mol. The molecule has 2 heterocycles. The van der Waals surface area contributed by atoms with Gasteiger partial charge in [-0.15, -0.1) is 0 Å². The molecule has 2 aliphatic heterocycles. The normalized spacial score (nSPS) is 11.1. The molecule has 0 spiro atoms. The van der Waals surface area contributed by atoms with Gasteiger partial charge in [-0.25, -0.2) is 15.0 Å². The number of aromatic nitrogens is 4. The molecule has 0 aliphatic carbocycles. The monoisotopic (exact) mass is 397 g/mol. The van der Waals surface area contributed by atoms with Crippen molar-refractivity contribution < 1.29 is 0 Å². The molecule has 0 saturated heterocycles. The summed E-state index contributed by atoms with van der Waals surface area (Å²) in [7, 11) is 0. The zero-order chi connectivity index (χ0) is 19.0. The number of aryl methyl sites for hydroxylation is 2. The number of para-hydroxylation sites is 1. The molecule has 0 saturated carbocycles. The van der Waals surface area contributed by atoms with Crippen molar-refractivity contribution in [2.24, 2.45) is 0 Å². The van der Waals surface area contributed by atoms with Gasteiger partial charge in [-0.3, -0.25) is 0 Å². The van der Waals surface area contributed by atoms with E-state index in [9.17, 15) is 0 Å².